The molecule has 1 aromatic heterocycles. The predicted molar refractivity (Wildman–Crippen MR) is 68.7 cm³/mol. The third kappa shape index (κ3) is 3.81. The van der Waals surface area contributed by atoms with Gasteiger partial charge in [0.25, 0.3) is 0 Å². The summed E-state index contributed by atoms with van der Waals surface area (Å²) in [5.74, 6) is 2.36. The van der Waals surface area contributed by atoms with E-state index in [2.05, 4.69) is 18.3 Å². The molecular weight excluding hydrogens is 234 g/mol. The largest absolute Gasteiger partial charge is 0.312 e. The molecule has 0 aromatic carbocycles. The summed E-state index contributed by atoms with van der Waals surface area (Å²) in [5, 5.41) is 3.32. The molecule has 0 fully saturated rings. The second-order valence-corrected chi connectivity index (χ2v) is 5.95. The van der Waals surface area contributed by atoms with Crippen LogP contribution in [0.25, 0.3) is 0 Å². The quantitative estimate of drug-likeness (QED) is 0.770. The maximum Gasteiger partial charge on any atom is 0.0931 e. The molecule has 0 amide bonds. The third-order valence-electron chi connectivity index (χ3n) is 1.92. The van der Waals surface area contributed by atoms with Gasteiger partial charge in [0.2, 0.25) is 0 Å². The molecule has 0 aliphatic heterocycles. The molecule has 0 aliphatic rings. The molecule has 1 atom stereocenters. The second kappa shape index (κ2) is 6.72. The number of rotatable bonds is 6. The van der Waals surface area contributed by atoms with Crippen LogP contribution in [-0.2, 0) is 0 Å². The van der Waals surface area contributed by atoms with Crippen molar-refractivity contribution in [3.05, 3.63) is 21.3 Å². The molecule has 14 heavy (non-hydrogen) atoms. The van der Waals surface area contributed by atoms with Crippen LogP contribution < -0.4 is 5.32 Å². The van der Waals surface area contributed by atoms with E-state index in [9.17, 15) is 0 Å². The monoisotopic (exact) mass is 249 g/mol. The number of hydrogen-bond donors (Lipinski definition) is 1. The van der Waals surface area contributed by atoms with Gasteiger partial charge in [-0.15, -0.1) is 11.3 Å². The molecule has 1 unspecified atom stereocenters. The van der Waals surface area contributed by atoms with Crippen molar-refractivity contribution in [2.24, 2.45) is 0 Å². The lowest BCUT2D eigenvalue weighted by molar-refractivity contribution is 0.673. The van der Waals surface area contributed by atoms with Gasteiger partial charge in [0.1, 0.15) is 0 Å². The average molecular weight is 250 g/mol. The van der Waals surface area contributed by atoms with Gasteiger partial charge in [0.15, 0.2) is 0 Å². The molecule has 0 saturated carbocycles. The fraction of sp³-hybridized carbons (Fsp3) is 0.600. The molecule has 0 bridgehead atoms. The number of halogens is 1. The Balaban J connectivity index is 2.45. The lowest BCUT2D eigenvalue weighted by atomic mass is 10.3. The van der Waals surface area contributed by atoms with Crippen molar-refractivity contribution in [1.82, 2.24) is 5.32 Å². The maximum absolute atomic E-state index is 5.91. The van der Waals surface area contributed by atoms with E-state index in [0.717, 1.165) is 10.1 Å². The van der Waals surface area contributed by atoms with E-state index in [1.807, 2.05) is 24.9 Å². The Labute approximate surface area is 99.2 Å². The second-order valence-electron chi connectivity index (χ2n) is 3.06. The molecule has 1 aromatic rings. The van der Waals surface area contributed by atoms with Gasteiger partial charge in [-0.3, -0.25) is 0 Å². The van der Waals surface area contributed by atoms with Gasteiger partial charge < -0.3 is 5.32 Å². The summed E-state index contributed by atoms with van der Waals surface area (Å²) >= 11 is 9.57. The topological polar surface area (TPSA) is 12.0 Å². The Kier molecular flexibility index (Phi) is 5.94. The number of hydrogen-bond acceptors (Lipinski definition) is 3. The number of nitrogens with one attached hydrogen (secondary N) is 1. The maximum atomic E-state index is 5.91. The van der Waals surface area contributed by atoms with Gasteiger partial charge in [-0.2, -0.15) is 11.8 Å². The van der Waals surface area contributed by atoms with Gasteiger partial charge in [-0.25, -0.2) is 0 Å². The SMILES string of the molecule is CCCSCC(NC)c1ccc(Cl)s1. The molecule has 0 aliphatic carbocycles. The van der Waals surface area contributed by atoms with Gasteiger partial charge >= 0.3 is 0 Å². The van der Waals surface area contributed by atoms with Crippen molar-refractivity contribution in [3.8, 4) is 0 Å². The third-order valence-corrected chi connectivity index (χ3v) is 4.53. The van der Waals surface area contributed by atoms with Crippen molar-refractivity contribution in [3.63, 3.8) is 0 Å². The minimum absolute atomic E-state index is 0.448. The highest BCUT2D eigenvalue weighted by Gasteiger charge is 2.10. The van der Waals surface area contributed by atoms with Crippen LogP contribution >= 0.6 is 34.7 Å². The number of thioether (sulfide) groups is 1. The highest BCUT2D eigenvalue weighted by atomic mass is 35.5. The molecule has 0 saturated heterocycles. The summed E-state index contributed by atoms with van der Waals surface area (Å²) in [4.78, 5) is 1.33. The van der Waals surface area contributed by atoms with E-state index in [1.165, 1.54) is 17.1 Å². The zero-order valence-electron chi connectivity index (χ0n) is 8.55. The van der Waals surface area contributed by atoms with Crippen LogP contribution in [0.4, 0.5) is 0 Å². The summed E-state index contributed by atoms with van der Waals surface area (Å²) in [6, 6.07) is 4.53. The summed E-state index contributed by atoms with van der Waals surface area (Å²) in [5.41, 5.74) is 0. The number of thiophene rings is 1. The standard InChI is InChI=1S/C10H16ClNS2/c1-3-6-13-7-8(12-2)9-4-5-10(11)14-9/h4-5,8,12H,3,6-7H2,1-2H3. The van der Waals surface area contributed by atoms with E-state index < -0.39 is 0 Å². The van der Waals surface area contributed by atoms with Crippen LogP contribution in [-0.4, -0.2) is 18.6 Å². The zero-order valence-corrected chi connectivity index (χ0v) is 10.9. The van der Waals surface area contributed by atoms with Crippen LogP contribution in [0.15, 0.2) is 12.1 Å². The van der Waals surface area contributed by atoms with E-state index in [-0.39, 0.29) is 0 Å². The fourth-order valence-electron chi connectivity index (χ4n) is 1.17. The van der Waals surface area contributed by atoms with E-state index in [4.69, 9.17) is 11.6 Å². The zero-order chi connectivity index (χ0) is 10.4. The van der Waals surface area contributed by atoms with E-state index in [1.54, 1.807) is 11.3 Å². The Morgan fingerprint density at radius 3 is 2.86 bits per heavy atom. The fourth-order valence-corrected chi connectivity index (χ4v) is 3.48. The van der Waals surface area contributed by atoms with Gasteiger partial charge in [0.05, 0.1) is 10.4 Å². The molecule has 1 rings (SSSR count). The first-order valence-electron chi connectivity index (χ1n) is 4.78. The first-order valence-corrected chi connectivity index (χ1v) is 7.13. The first kappa shape index (κ1) is 12.4. The molecule has 1 N–H and O–H groups in total. The molecule has 4 heteroatoms. The average Bonchev–Trinajstić information content (AvgIpc) is 2.60. The van der Waals surface area contributed by atoms with E-state index >= 15 is 0 Å². The highest BCUT2D eigenvalue weighted by Crippen LogP contribution is 2.28. The minimum atomic E-state index is 0.448. The molecular formula is C10H16ClNS2. The van der Waals surface area contributed by atoms with Crippen molar-refractivity contribution >= 4 is 34.7 Å². The van der Waals surface area contributed by atoms with Crippen molar-refractivity contribution < 1.29 is 0 Å². The molecule has 1 heterocycles. The van der Waals surface area contributed by atoms with Crippen molar-refractivity contribution in [2.45, 2.75) is 19.4 Å². The van der Waals surface area contributed by atoms with Crippen LogP contribution in [0.2, 0.25) is 4.34 Å². The Hall–Kier alpha value is 0.300. The van der Waals surface area contributed by atoms with Crippen LogP contribution in [0, 0.1) is 0 Å². The Morgan fingerprint density at radius 2 is 2.36 bits per heavy atom. The molecule has 0 spiro atoms. The smallest absolute Gasteiger partial charge is 0.0931 e. The van der Waals surface area contributed by atoms with Crippen molar-refractivity contribution in [2.75, 3.05) is 18.6 Å². The highest BCUT2D eigenvalue weighted by molar-refractivity contribution is 7.99. The van der Waals surface area contributed by atoms with Crippen LogP contribution in [0.5, 0.6) is 0 Å². The normalized spacial score (nSPS) is 13.1. The molecule has 0 radical (unpaired) electrons. The van der Waals surface area contributed by atoms with Gasteiger partial charge in [0, 0.05) is 10.6 Å². The van der Waals surface area contributed by atoms with Gasteiger partial charge in [-0.05, 0) is 31.4 Å². The minimum Gasteiger partial charge on any atom is -0.312 e. The Bertz CT molecular complexity index is 262. The van der Waals surface area contributed by atoms with E-state index in [0.29, 0.717) is 6.04 Å². The van der Waals surface area contributed by atoms with Gasteiger partial charge in [-0.1, -0.05) is 18.5 Å². The summed E-state index contributed by atoms with van der Waals surface area (Å²) in [6.45, 7) is 2.21. The summed E-state index contributed by atoms with van der Waals surface area (Å²) in [6.07, 6.45) is 1.24. The lowest BCUT2D eigenvalue weighted by Gasteiger charge is -2.13. The predicted octanol–water partition coefficient (Wildman–Crippen LogP) is 3.81. The summed E-state index contributed by atoms with van der Waals surface area (Å²) < 4.78 is 0.876. The Morgan fingerprint density at radius 1 is 1.57 bits per heavy atom. The van der Waals surface area contributed by atoms with Crippen LogP contribution in [0.1, 0.15) is 24.3 Å². The van der Waals surface area contributed by atoms with Crippen LogP contribution in [0.3, 0.4) is 0 Å². The summed E-state index contributed by atoms with van der Waals surface area (Å²) in [7, 11) is 2.00. The lowest BCUT2D eigenvalue weighted by Crippen LogP contribution is -2.17. The first-order chi connectivity index (χ1) is 6.77. The molecule has 80 valence electrons. The van der Waals surface area contributed by atoms with Crippen molar-refractivity contribution in [1.29, 1.82) is 0 Å². The molecule has 1 nitrogen and oxygen atoms in total.